The SMILES string of the molecule is CSc1ccc(NC(=O)C(=O)c2c[nH]c3ccccc23)cc1. The van der Waals surface area contributed by atoms with Gasteiger partial charge in [0.05, 0.1) is 5.56 Å². The van der Waals surface area contributed by atoms with E-state index in [1.807, 2.05) is 42.7 Å². The lowest BCUT2D eigenvalue weighted by molar-refractivity contribution is -0.112. The topological polar surface area (TPSA) is 62.0 Å². The molecule has 1 aromatic heterocycles. The van der Waals surface area contributed by atoms with Crippen LogP contribution in [0.1, 0.15) is 10.4 Å². The molecule has 0 unspecified atom stereocenters. The molecular weight excluding hydrogens is 296 g/mol. The summed E-state index contributed by atoms with van der Waals surface area (Å²) in [5.74, 6) is -1.19. The molecule has 2 N–H and O–H groups in total. The molecule has 0 aliphatic heterocycles. The molecule has 0 saturated heterocycles. The Balaban J connectivity index is 1.80. The number of carbonyl (C=O) groups is 2. The van der Waals surface area contributed by atoms with Gasteiger partial charge >= 0.3 is 0 Å². The van der Waals surface area contributed by atoms with Gasteiger partial charge in [-0.15, -0.1) is 11.8 Å². The van der Waals surface area contributed by atoms with E-state index in [0.717, 1.165) is 15.8 Å². The number of thioether (sulfide) groups is 1. The number of anilines is 1. The Morgan fingerprint density at radius 3 is 2.50 bits per heavy atom. The first kappa shape index (κ1) is 14.4. The molecule has 0 saturated carbocycles. The number of benzene rings is 2. The second kappa shape index (κ2) is 6.07. The van der Waals surface area contributed by atoms with E-state index in [2.05, 4.69) is 10.3 Å². The van der Waals surface area contributed by atoms with E-state index in [9.17, 15) is 9.59 Å². The van der Waals surface area contributed by atoms with Gasteiger partial charge in [0.15, 0.2) is 0 Å². The number of rotatable bonds is 4. The average molecular weight is 310 g/mol. The van der Waals surface area contributed by atoms with Crippen LogP contribution in [0.15, 0.2) is 59.6 Å². The Morgan fingerprint density at radius 2 is 1.77 bits per heavy atom. The van der Waals surface area contributed by atoms with E-state index >= 15 is 0 Å². The van der Waals surface area contributed by atoms with E-state index in [0.29, 0.717) is 11.3 Å². The minimum Gasteiger partial charge on any atom is -0.360 e. The van der Waals surface area contributed by atoms with Crippen molar-refractivity contribution in [1.29, 1.82) is 0 Å². The van der Waals surface area contributed by atoms with Gasteiger partial charge < -0.3 is 10.3 Å². The molecule has 0 spiro atoms. The number of aromatic nitrogens is 1. The predicted molar refractivity (Wildman–Crippen MR) is 89.5 cm³/mol. The molecule has 0 bridgehead atoms. The van der Waals surface area contributed by atoms with Gasteiger partial charge in [0.1, 0.15) is 0 Å². The van der Waals surface area contributed by atoms with Gasteiger partial charge in [0.2, 0.25) is 0 Å². The molecule has 0 aliphatic carbocycles. The highest BCUT2D eigenvalue weighted by Gasteiger charge is 2.19. The number of hydrogen-bond donors (Lipinski definition) is 2. The van der Waals surface area contributed by atoms with E-state index in [-0.39, 0.29) is 0 Å². The van der Waals surface area contributed by atoms with Crippen LogP contribution in [0.4, 0.5) is 5.69 Å². The van der Waals surface area contributed by atoms with Crippen molar-refractivity contribution in [3.63, 3.8) is 0 Å². The smallest absolute Gasteiger partial charge is 0.296 e. The number of Topliss-reactive ketones (excluding diaryl/α,β-unsaturated/α-hetero) is 1. The summed E-state index contributed by atoms with van der Waals surface area (Å²) in [5, 5.41) is 3.38. The van der Waals surface area contributed by atoms with E-state index in [1.54, 1.807) is 30.1 Å². The molecule has 110 valence electrons. The third-order valence-electron chi connectivity index (χ3n) is 3.39. The van der Waals surface area contributed by atoms with Crippen LogP contribution in [-0.2, 0) is 4.79 Å². The summed E-state index contributed by atoms with van der Waals surface area (Å²) >= 11 is 1.62. The number of carbonyl (C=O) groups excluding carboxylic acids is 2. The summed E-state index contributed by atoms with van der Waals surface area (Å²) in [4.78, 5) is 28.5. The Bertz CT molecular complexity index is 837. The van der Waals surface area contributed by atoms with Gasteiger partial charge in [0.25, 0.3) is 11.7 Å². The van der Waals surface area contributed by atoms with Crippen molar-refractivity contribution >= 4 is 40.0 Å². The van der Waals surface area contributed by atoms with Crippen LogP contribution < -0.4 is 5.32 Å². The number of aromatic amines is 1. The minimum atomic E-state index is -0.637. The van der Waals surface area contributed by atoms with Crippen LogP contribution in [0, 0.1) is 0 Å². The molecule has 2 aromatic carbocycles. The fourth-order valence-electron chi connectivity index (χ4n) is 2.24. The van der Waals surface area contributed by atoms with Crippen molar-refractivity contribution in [1.82, 2.24) is 4.98 Å². The molecule has 3 rings (SSSR count). The quantitative estimate of drug-likeness (QED) is 0.439. The van der Waals surface area contributed by atoms with Crippen molar-refractivity contribution in [2.45, 2.75) is 4.90 Å². The maximum Gasteiger partial charge on any atom is 0.296 e. The summed E-state index contributed by atoms with van der Waals surface area (Å²) < 4.78 is 0. The number of fused-ring (bicyclic) bond motifs is 1. The van der Waals surface area contributed by atoms with Gasteiger partial charge in [-0.1, -0.05) is 18.2 Å². The van der Waals surface area contributed by atoms with E-state index in [4.69, 9.17) is 0 Å². The maximum atomic E-state index is 12.3. The molecule has 0 fully saturated rings. The highest BCUT2D eigenvalue weighted by Crippen LogP contribution is 2.20. The molecule has 4 nitrogen and oxygen atoms in total. The summed E-state index contributed by atoms with van der Waals surface area (Å²) in [6.45, 7) is 0. The Hall–Kier alpha value is -2.53. The van der Waals surface area contributed by atoms with Crippen LogP contribution in [-0.4, -0.2) is 22.9 Å². The van der Waals surface area contributed by atoms with Gasteiger partial charge in [-0.25, -0.2) is 0 Å². The molecule has 3 aromatic rings. The zero-order chi connectivity index (χ0) is 15.5. The molecule has 1 amide bonds. The molecular formula is C17H14N2O2S. The van der Waals surface area contributed by atoms with E-state index < -0.39 is 11.7 Å². The largest absolute Gasteiger partial charge is 0.360 e. The lowest BCUT2D eigenvalue weighted by atomic mass is 10.1. The van der Waals surface area contributed by atoms with E-state index in [1.165, 1.54) is 0 Å². The van der Waals surface area contributed by atoms with Crippen molar-refractivity contribution in [3.05, 3.63) is 60.3 Å². The number of H-pyrrole nitrogens is 1. The third-order valence-corrected chi connectivity index (χ3v) is 4.13. The summed E-state index contributed by atoms with van der Waals surface area (Å²) in [6.07, 6.45) is 3.55. The first-order valence-electron chi connectivity index (χ1n) is 6.75. The van der Waals surface area contributed by atoms with Crippen LogP contribution in [0.25, 0.3) is 10.9 Å². The minimum absolute atomic E-state index is 0.383. The van der Waals surface area contributed by atoms with Crippen molar-refractivity contribution in [2.75, 3.05) is 11.6 Å². The van der Waals surface area contributed by atoms with Gasteiger partial charge in [-0.05, 0) is 36.6 Å². The molecule has 1 heterocycles. The maximum absolute atomic E-state index is 12.3. The summed E-state index contributed by atoms with van der Waals surface area (Å²) in [5.41, 5.74) is 1.83. The average Bonchev–Trinajstić information content (AvgIpc) is 2.99. The predicted octanol–water partition coefficient (Wildman–Crippen LogP) is 3.71. The second-order valence-electron chi connectivity index (χ2n) is 4.76. The molecule has 22 heavy (non-hydrogen) atoms. The lowest BCUT2D eigenvalue weighted by Crippen LogP contribution is -2.22. The van der Waals surface area contributed by atoms with Gasteiger partial charge in [-0.3, -0.25) is 9.59 Å². The van der Waals surface area contributed by atoms with Crippen LogP contribution in [0.2, 0.25) is 0 Å². The highest BCUT2D eigenvalue weighted by molar-refractivity contribution is 7.98. The number of para-hydroxylation sites is 1. The zero-order valence-electron chi connectivity index (χ0n) is 11.9. The van der Waals surface area contributed by atoms with Crippen molar-refractivity contribution in [3.8, 4) is 0 Å². The number of ketones is 1. The molecule has 5 heteroatoms. The zero-order valence-corrected chi connectivity index (χ0v) is 12.7. The van der Waals surface area contributed by atoms with Gasteiger partial charge in [-0.2, -0.15) is 0 Å². The standard InChI is InChI=1S/C17H14N2O2S/c1-22-12-8-6-11(7-9-12)19-17(21)16(20)14-10-18-15-5-3-2-4-13(14)15/h2-10,18H,1H3,(H,19,21). The van der Waals surface area contributed by atoms with Crippen molar-refractivity contribution < 1.29 is 9.59 Å². The Morgan fingerprint density at radius 1 is 1.05 bits per heavy atom. The van der Waals surface area contributed by atoms with Gasteiger partial charge in [0, 0.05) is 27.7 Å². The van der Waals surface area contributed by atoms with Crippen LogP contribution in [0.5, 0.6) is 0 Å². The number of hydrogen-bond acceptors (Lipinski definition) is 3. The molecule has 0 aliphatic rings. The molecule has 0 radical (unpaired) electrons. The van der Waals surface area contributed by atoms with Crippen LogP contribution >= 0.6 is 11.8 Å². The van der Waals surface area contributed by atoms with Crippen molar-refractivity contribution in [2.24, 2.45) is 0 Å². The fourth-order valence-corrected chi connectivity index (χ4v) is 2.65. The fraction of sp³-hybridized carbons (Fsp3) is 0.0588. The molecule has 0 atom stereocenters. The number of amides is 1. The van der Waals surface area contributed by atoms with Crippen LogP contribution in [0.3, 0.4) is 0 Å². The lowest BCUT2D eigenvalue weighted by Gasteiger charge is -2.04. The highest BCUT2D eigenvalue weighted by atomic mass is 32.2. The normalized spacial score (nSPS) is 10.6. The Kier molecular flexibility index (Phi) is 3.98. The first-order chi connectivity index (χ1) is 10.7. The Labute approximate surface area is 131 Å². The first-order valence-corrected chi connectivity index (χ1v) is 7.97. The third kappa shape index (κ3) is 2.76. The monoisotopic (exact) mass is 310 g/mol. The number of nitrogens with one attached hydrogen (secondary N) is 2. The summed E-state index contributed by atoms with van der Waals surface area (Å²) in [6, 6.07) is 14.8. The summed E-state index contributed by atoms with van der Waals surface area (Å²) in [7, 11) is 0. The second-order valence-corrected chi connectivity index (χ2v) is 5.64.